The smallest absolute Gasteiger partial charge is 0.251 e. The summed E-state index contributed by atoms with van der Waals surface area (Å²) in [6.07, 6.45) is 5.80. The molecule has 0 aromatic heterocycles. The van der Waals surface area contributed by atoms with E-state index in [-0.39, 0.29) is 22.9 Å². The molecule has 7 heteroatoms. The van der Waals surface area contributed by atoms with Crippen LogP contribution in [0.3, 0.4) is 0 Å². The van der Waals surface area contributed by atoms with Crippen LogP contribution in [0.4, 0.5) is 0 Å². The molecule has 1 aliphatic carbocycles. The van der Waals surface area contributed by atoms with Crippen LogP contribution in [0, 0.1) is 0 Å². The molecule has 0 spiro atoms. The summed E-state index contributed by atoms with van der Waals surface area (Å²) in [7, 11) is 0.574. The summed E-state index contributed by atoms with van der Waals surface area (Å²) >= 11 is 0. The molecule has 0 unspecified atom stereocenters. The molecule has 1 fully saturated rings. The summed E-state index contributed by atoms with van der Waals surface area (Å²) in [6.45, 7) is 0.797. The van der Waals surface area contributed by atoms with E-state index in [0.29, 0.717) is 12.1 Å². The normalized spacial score (nSPS) is 16.4. The molecule has 1 saturated carbocycles. The average Bonchev–Trinajstić information content (AvgIpc) is 2.77. The Morgan fingerprint density at radius 2 is 1.70 bits per heavy atom. The third-order valence-corrected chi connectivity index (χ3v) is 7.57. The van der Waals surface area contributed by atoms with Crippen molar-refractivity contribution in [1.82, 2.24) is 10.0 Å². The van der Waals surface area contributed by atoms with Crippen molar-refractivity contribution in [2.75, 3.05) is 20.6 Å². The van der Waals surface area contributed by atoms with Crippen LogP contribution in [0.1, 0.15) is 48.0 Å². The minimum Gasteiger partial charge on any atom is -0.346 e. The van der Waals surface area contributed by atoms with Gasteiger partial charge in [0.05, 0.1) is 25.5 Å². The van der Waals surface area contributed by atoms with Gasteiger partial charge in [-0.25, -0.2) is 13.1 Å². The number of amides is 1. The quantitative estimate of drug-likeness (QED) is 0.597. The Morgan fingerprint density at radius 1 is 1.00 bits per heavy atom. The summed E-state index contributed by atoms with van der Waals surface area (Å²) < 4.78 is 28.0. The molecule has 3 rings (SSSR count). The fourth-order valence-corrected chi connectivity index (χ4v) is 5.16. The number of rotatable bonds is 8. The van der Waals surface area contributed by atoms with Gasteiger partial charge in [0.15, 0.2) is 0 Å². The Kier molecular flexibility index (Phi) is 7.28. The van der Waals surface area contributed by atoms with Crippen LogP contribution in [0.2, 0.25) is 0 Å². The van der Waals surface area contributed by atoms with Crippen molar-refractivity contribution in [3.8, 4) is 0 Å². The summed E-state index contributed by atoms with van der Waals surface area (Å²) in [6, 6.07) is 15.6. The number of benzene rings is 2. The Morgan fingerprint density at radius 3 is 2.37 bits per heavy atom. The Balaban J connectivity index is 1.67. The van der Waals surface area contributed by atoms with Crippen molar-refractivity contribution in [3.05, 3.63) is 65.7 Å². The van der Waals surface area contributed by atoms with Crippen molar-refractivity contribution >= 4 is 15.9 Å². The fourth-order valence-electron chi connectivity index (χ4n) is 4.10. The molecule has 30 heavy (non-hydrogen) atoms. The largest absolute Gasteiger partial charge is 0.346 e. The molecule has 1 amide bonds. The predicted molar refractivity (Wildman–Crippen MR) is 118 cm³/mol. The second-order valence-electron chi connectivity index (χ2n) is 8.36. The van der Waals surface area contributed by atoms with Crippen molar-refractivity contribution < 1.29 is 18.1 Å². The zero-order chi connectivity index (χ0) is 21.6. The van der Waals surface area contributed by atoms with Gasteiger partial charge in [-0.2, -0.15) is 0 Å². The van der Waals surface area contributed by atoms with Gasteiger partial charge in [0.2, 0.25) is 10.0 Å². The van der Waals surface area contributed by atoms with Gasteiger partial charge in [0.25, 0.3) is 5.91 Å². The summed E-state index contributed by atoms with van der Waals surface area (Å²) in [5.74, 6) is -0.235. The van der Waals surface area contributed by atoms with Crippen LogP contribution >= 0.6 is 0 Å². The maximum absolute atomic E-state index is 12.8. The first-order valence-corrected chi connectivity index (χ1v) is 12.0. The standard InChI is InChI=1S/C23H31N3O3S/c1-26(2)23(14-7-4-8-15-23)18-24-22(27)20-12-9-13-21(16-20)30(28,29)25-17-19-10-5-3-6-11-19/h3,5-6,9-13,16,25H,4,7-8,14-15,17-18H2,1-2H3,(H,24,27)/p+1. The van der Waals surface area contributed by atoms with Crippen LogP contribution in [0.25, 0.3) is 0 Å². The number of carbonyl (C=O) groups is 1. The van der Waals surface area contributed by atoms with Gasteiger partial charge in [0.1, 0.15) is 5.54 Å². The lowest BCUT2D eigenvalue weighted by Gasteiger charge is -2.39. The maximum Gasteiger partial charge on any atom is 0.251 e. The molecule has 3 N–H and O–H groups in total. The van der Waals surface area contributed by atoms with E-state index < -0.39 is 10.0 Å². The second-order valence-corrected chi connectivity index (χ2v) is 10.1. The summed E-state index contributed by atoms with van der Waals surface area (Å²) in [5, 5.41) is 3.05. The number of carbonyl (C=O) groups excluding carboxylic acids is 1. The highest BCUT2D eigenvalue weighted by Crippen LogP contribution is 2.25. The van der Waals surface area contributed by atoms with E-state index >= 15 is 0 Å². The minimum absolute atomic E-state index is 0.0504. The molecule has 0 bridgehead atoms. The first-order valence-electron chi connectivity index (χ1n) is 10.5. The maximum atomic E-state index is 12.8. The van der Waals surface area contributed by atoms with E-state index in [1.807, 2.05) is 30.3 Å². The average molecular weight is 431 g/mol. The van der Waals surface area contributed by atoms with Crippen molar-refractivity contribution in [2.45, 2.75) is 49.1 Å². The second kappa shape index (κ2) is 9.73. The van der Waals surface area contributed by atoms with E-state index in [1.54, 1.807) is 12.1 Å². The van der Waals surface area contributed by atoms with Crippen molar-refractivity contribution in [1.29, 1.82) is 0 Å². The van der Waals surface area contributed by atoms with E-state index in [4.69, 9.17) is 0 Å². The van der Waals surface area contributed by atoms with Gasteiger partial charge in [-0.1, -0.05) is 42.8 Å². The van der Waals surface area contributed by atoms with Crippen LogP contribution in [0.5, 0.6) is 0 Å². The third kappa shape index (κ3) is 5.47. The van der Waals surface area contributed by atoms with Crippen LogP contribution < -0.4 is 14.9 Å². The minimum atomic E-state index is -3.71. The van der Waals surface area contributed by atoms with Gasteiger partial charge >= 0.3 is 0 Å². The van der Waals surface area contributed by atoms with Gasteiger partial charge in [-0.3, -0.25) is 4.79 Å². The molecule has 162 valence electrons. The SMILES string of the molecule is C[NH+](C)C1(CNC(=O)c2cccc(S(=O)(=O)NCc3ccccc3)c2)CCCCC1. The first-order chi connectivity index (χ1) is 14.3. The van der Waals surface area contributed by atoms with E-state index in [0.717, 1.165) is 18.4 Å². The molecule has 0 heterocycles. The molecule has 2 aromatic carbocycles. The summed E-state index contributed by atoms with van der Waals surface area (Å²) in [5.41, 5.74) is 1.28. The monoisotopic (exact) mass is 430 g/mol. The fraction of sp³-hybridized carbons (Fsp3) is 0.435. The van der Waals surface area contributed by atoms with Crippen molar-refractivity contribution in [3.63, 3.8) is 0 Å². The number of nitrogens with one attached hydrogen (secondary N) is 3. The first kappa shape index (κ1) is 22.5. The number of hydrogen-bond donors (Lipinski definition) is 3. The Labute approximate surface area is 179 Å². The predicted octanol–water partition coefficient (Wildman–Crippen LogP) is 1.74. The number of hydrogen-bond acceptors (Lipinski definition) is 3. The molecule has 0 atom stereocenters. The molecular weight excluding hydrogens is 398 g/mol. The highest BCUT2D eigenvalue weighted by atomic mass is 32.2. The Hall–Kier alpha value is -2.22. The molecule has 0 radical (unpaired) electrons. The van der Waals surface area contributed by atoms with E-state index in [2.05, 4.69) is 24.1 Å². The molecular formula is C23H32N3O3S+. The van der Waals surface area contributed by atoms with E-state index in [1.165, 1.54) is 36.3 Å². The van der Waals surface area contributed by atoms with E-state index in [9.17, 15) is 13.2 Å². The van der Waals surface area contributed by atoms with Crippen molar-refractivity contribution in [2.24, 2.45) is 0 Å². The zero-order valence-electron chi connectivity index (χ0n) is 17.8. The lowest BCUT2D eigenvalue weighted by Crippen LogP contribution is -3.16. The van der Waals surface area contributed by atoms with Gasteiger partial charge in [0, 0.05) is 24.9 Å². The number of sulfonamides is 1. The molecule has 0 saturated heterocycles. The van der Waals surface area contributed by atoms with Gasteiger partial charge in [-0.15, -0.1) is 0 Å². The Bertz CT molecular complexity index is 953. The highest BCUT2D eigenvalue weighted by molar-refractivity contribution is 7.89. The molecule has 6 nitrogen and oxygen atoms in total. The van der Waals surface area contributed by atoms with Crippen LogP contribution in [-0.4, -0.2) is 40.5 Å². The van der Waals surface area contributed by atoms with Crippen LogP contribution in [-0.2, 0) is 16.6 Å². The lowest BCUT2D eigenvalue weighted by molar-refractivity contribution is -0.916. The number of quaternary nitrogens is 1. The molecule has 2 aromatic rings. The highest BCUT2D eigenvalue weighted by Gasteiger charge is 2.38. The van der Waals surface area contributed by atoms with Gasteiger partial charge in [-0.05, 0) is 36.6 Å². The molecule has 1 aliphatic rings. The summed E-state index contributed by atoms with van der Waals surface area (Å²) in [4.78, 5) is 14.2. The molecule has 0 aliphatic heterocycles. The van der Waals surface area contributed by atoms with Crippen LogP contribution in [0.15, 0.2) is 59.5 Å². The third-order valence-electron chi connectivity index (χ3n) is 6.17. The topological polar surface area (TPSA) is 79.7 Å². The lowest BCUT2D eigenvalue weighted by atomic mass is 9.80. The number of likely N-dealkylation sites (N-methyl/N-ethyl adjacent to an activating group) is 1. The zero-order valence-corrected chi connectivity index (χ0v) is 18.6. The van der Waals surface area contributed by atoms with Gasteiger partial charge < -0.3 is 10.2 Å².